The van der Waals surface area contributed by atoms with Crippen molar-refractivity contribution >= 4 is 17.6 Å². The van der Waals surface area contributed by atoms with Crippen LogP contribution < -0.4 is 5.32 Å². The first kappa shape index (κ1) is 22.0. The van der Waals surface area contributed by atoms with Gasteiger partial charge in [0.2, 0.25) is 11.8 Å². The maximum absolute atomic E-state index is 12.8. The molecule has 0 spiro atoms. The number of amides is 2. The standard InChI is InChI=1S/C22H34N6O3/c1-16(29)28-8-4-3-5-19(28)22-24-18-6-10-27(15-17(18)21(23-2)25-22)20(30)7-9-26-11-13-31-14-12-26/h19H,3-15H2,1-2H3,(H,23,24,25). The van der Waals surface area contributed by atoms with Crippen LogP contribution in [0.25, 0.3) is 0 Å². The Morgan fingerprint density at radius 1 is 1.13 bits per heavy atom. The first-order valence-corrected chi connectivity index (χ1v) is 11.5. The molecule has 4 heterocycles. The van der Waals surface area contributed by atoms with Gasteiger partial charge in [0.15, 0.2) is 5.82 Å². The highest BCUT2D eigenvalue weighted by molar-refractivity contribution is 5.77. The van der Waals surface area contributed by atoms with Gasteiger partial charge in [0.25, 0.3) is 0 Å². The summed E-state index contributed by atoms with van der Waals surface area (Å²) in [6.07, 6.45) is 4.25. The zero-order valence-corrected chi connectivity index (χ0v) is 18.7. The number of ether oxygens (including phenoxy) is 1. The van der Waals surface area contributed by atoms with Crippen LogP contribution in [0.15, 0.2) is 0 Å². The minimum absolute atomic E-state index is 0.0585. The largest absolute Gasteiger partial charge is 0.379 e. The fourth-order valence-corrected chi connectivity index (χ4v) is 4.82. The second-order valence-corrected chi connectivity index (χ2v) is 8.60. The van der Waals surface area contributed by atoms with E-state index in [-0.39, 0.29) is 17.9 Å². The molecule has 1 aromatic rings. The Morgan fingerprint density at radius 3 is 2.68 bits per heavy atom. The number of fused-ring (bicyclic) bond motifs is 1. The Kier molecular flexibility index (Phi) is 7.02. The molecule has 9 nitrogen and oxygen atoms in total. The highest BCUT2D eigenvalue weighted by Crippen LogP contribution is 2.32. The van der Waals surface area contributed by atoms with Crippen molar-refractivity contribution < 1.29 is 14.3 Å². The number of anilines is 1. The van der Waals surface area contributed by atoms with Gasteiger partial charge in [-0.15, -0.1) is 0 Å². The first-order chi connectivity index (χ1) is 15.1. The number of nitrogens with one attached hydrogen (secondary N) is 1. The molecule has 170 valence electrons. The van der Waals surface area contributed by atoms with Gasteiger partial charge in [-0.05, 0) is 19.3 Å². The van der Waals surface area contributed by atoms with Gasteiger partial charge in [0, 0.05) is 65.1 Å². The highest BCUT2D eigenvalue weighted by atomic mass is 16.5. The molecule has 3 aliphatic rings. The van der Waals surface area contributed by atoms with Gasteiger partial charge in [-0.2, -0.15) is 0 Å². The van der Waals surface area contributed by atoms with Crippen LogP contribution in [0.4, 0.5) is 5.82 Å². The van der Waals surface area contributed by atoms with Crippen LogP contribution in [0.3, 0.4) is 0 Å². The van der Waals surface area contributed by atoms with Gasteiger partial charge < -0.3 is 19.9 Å². The van der Waals surface area contributed by atoms with Crippen molar-refractivity contribution in [1.82, 2.24) is 24.7 Å². The average molecular weight is 431 g/mol. The lowest BCUT2D eigenvalue weighted by Crippen LogP contribution is -2.42. The van der Waals surface area contributed by atoms with Crippen molar-refractivity contribution in [3.05, 3.63) is 17.1 Å². The summed E-state index contributed by atoms with van der Waals surface area (Å²) in [5.41, 5.74) is 2.00. The second kappa shape index (κ2) is 9.91. The van der Waals surface area contributed by atoms with Crippen molar-refractivity contribution in [3.63, 3.8) is 0 Å². The quantitative estimate of drug-likeness (QED) is 0.751. The van der Waals surface area contributed by atoms with E-state index >= 15 is 0 Å². The molecule has 2 saturated heterocycles. The molecule has 0 aliphatic carbocycles. The van der Waals surface area contributed by atoms with E-state index in [4.69, 9.17) is 14.7 Å². The number of carbonyl (C=O) groups excluding carboxylic acids is 2. The predicted molar refractivity (Wildman–Crippen MR) is 117 cm³/mol. The van der Waals surface area contributed by atoms with Crippen LogP contribution in [-0.2, 0) is 27.3 Å². The van der Waals surface area contributed by atoms with Gasteiger partial charge in [-0.3, -0.25) is 14.5 Å². The Balaban J connectivity index is 1.46. The molecule has 1 unspecified atom stereocenters. The lowest BCUT2D eigenvalue weighted by atomic mass is 10.00. The summed E-state index contributed by atoms with van der Waals surface area (Å²) in [6.45, 7) is 7.67. The molecule has 0 saturated carbocycles. The number of hydrogen-bond acceptors (Lipinski definition) is 7. The Bertz CT molecular complexity index is 793. The van der Waals surface area contributed by atoms with Crippen LogP contribution >= 0.6 is 0 Å². The summed E-state index contributed by atoms with van der Waals surface area (Å²) in [6, 6.07) is -0.0585. The number of likely N-dealkylation sites (tertiary alicyclic amines) is 1. The normalized spacial score (nSPS) is 22.2. The summed E-state index contributed by atoms with van der Waals surface area (Å²) in [4.78, 5) is 40.8. The van der Waals surface area contributed by atoms with Crippen molar-refractivity contribution in [2.24, 2.45) is 0 Å². The summed E-state index contributed by atoms with van der Waals surface area (Å²) < 4.78 is 5.38. The molecular weight excluding hydrogens is 396 g/mol. The van der Waals surface area contributed by atoms with Gasteiger partial charge in [0.1, 0.15) is 5.82 Å². The number of piperidine rings is 1. The predicted octanol–water partition coefficient (Wildman–Crippen LogP) is 1.20. The number of aromatic nitrogens is 2. The molecule has 1 atom stereocenters. The number of hydrogen-bond donors (Lipinski definition) is 1. The zero-order valence-electron chi connectivity index (χ0n) is 18.7. The molecule has 2 fully saturated rings. The zero-order chi connectivity index (χ0) is 21.8. The van der Waals surface area contributed by atoms with E-state index in [1.807, 2.05) is 16.8 Å². The molecule has 31 heavy (non-hydrogen) atoms. The van der Waals surface area contributed by atoms with Gasteiger partial charge in [-0.25, -0.2) is 9.97 Å². The third kappa shape index (κ3) is 4.98. The van der Waals surface area contributed by atoms with Crippen LogP contribution in [0.2, 0.25) is 0 Å². The molecule has 0 bridgehead atoms. The molecule has 0 aromatic carbocycles. The van der Waals surface area contributed by atoms with Crippen molar-refractivity contribution in [1.29, 1.82) is 0 Å². The lowest BCUT2D eigenvalue weighted by molar-refractivity contribution is -0.133. The highest BCUT2D eigenvalue weighted by Gasteiger charge is 2.31. The van der Waals surface area contributed by atoms with Crippen LogP contribution in [0.1, 0.15) is 55.7 Å². The summed E-state index contributed by atoms with van der Waals surface area (Å²) in [5.74, 6) is 1.76. The van der Waals surface area contributed by atoms with Crippen LogP contribution in [0, 0.1) is 0 Å². The summed E-state index contributed by atoms with van der Waals surface area (Å²) in [5, 5.41) is 3.21. The molecule has 0 radical (unpaired) electrons. The molecule has 1 aromatic heterocycles. The number of nitrogens with zero attached hydrogens (tertiary/aromatic N) is 5. The van der Waals surface area contributed by atoms with Crippen molar-refractivity contribution in [3.8, 4) is 0 Å². The van der Waals surface area contributed by atoms with E-state index in [9.17, 15) is 9.59 Å². The van der Waals surface area contributed by atoms with Crippen LogP contribution in [0.5, 0.6) is 0 Å². The minimum atomic E-state index is -0.0585. The molecule has 3 aliphatic heterocycles. The molecular formula is C22H34N6O3. The maximum atomic E-state index is 12.8. The van der Waals surface area contributed by atoms with E-state index in [1.54, 1.807) is 6.92 Å². The second-order valence-electron chi connectivity index (χ2n) is 8.60. The van der Waals surface area contributed by atoms with E-state index in [2.05, 4.69) is 10.2 Å². The Morgan fingerprint density at radius 2 is 1.94 bits per heavy atom. The smallest absolute Gasteiger partial charge is 0.224 e. The van der Waals surface area contributed by atoms with E-state index in [1.165, 1.54) is 0 Å². The Hall–Kier alpha value is -2.26. The number of rotatable bonds is 5. The molecule has 1 N–H and O–H groups in total. The third-order valence-corrected chi connectivity index (χ3v) is 6.62. The number of morpholine rings is 1. The van der Waals surface area contributed by atoms with Crippen LogP contribution in [-0.4, -0.2) is 89.5 Å². The molecule has 2 amide bonds. The topological polar surface area (TPSA) is 90.9 Å². The fraction of sp³-hybridized carbons (Fsp3) is 0.727. The minimum Gasteiger partial charge on any atom is -0.379 e. The van der Waals surface area contributed by atoms with Gasteiger partial charge >= 0.3 is 0 Å². The summed E-state index contributed by atoms with van der Waals surface area (Å²) in [7, 11) is 1.86. The van der Waals surface area contributed by atoms with Crippen molar-refractivity contribution in [2.45, 2.75) is 51.6 Å². The first-order valence-electron chi connectivity index (χ1n) is 11.5. The number of carbonyl (C=O) groups is 2. The van der Waals surface area contributed by atoms with Gasteiger partial charge in [0.05, 0.1) is 31.5 Å². The van der Waals surface area contributed by atoms with E-state index in [0.29, 0.717) is 19.5 Å². The molecule has 9 heteroatoms. The average Bonchev–Trinajstić information content (AvgIpc) is 2.82. The SMILES string of the molecule is CNc1nc(C2CCCCN2C(C)=O)nc2c1CN(C(=O)CCN1CCOCC1)CC2. The van der Waals surface area contributed by atoms with Crippen molar-refractivity contribution in [2.75, 3.05) is 58.3 Å². The fourth-order valence-electron chi connectivity index (χ4n) is 4.82. The molecule has 4 rings (SSSR count). The maximum Gasteiger partial charge on any atom is 0.224 e. The summed E-state index contributed by atoms with van der Waals surface area (Å²) >= 11 is 0. The monoisotopic (exact) mass is 430 g/mol. The third-order valence-electron chi connectivity index (χ3n) is 6.62. The lowest BCUT2D eigenvalue weighted by Gasteiger charge is -2.35. The van der Waals surface area contributed by atoms with Gasteiger partial charge in [-0.1, -0.05) is 0 Å². The Labute approximate surface area is 184 Å². The van der Waals surface area contributed by atoms with E-state index in [0.717, 1.165) is 88.0 Å². The van der Waals surface area contributed by atoms with E-state index < -0.39 is 0 Å².